The molecule has 2 aromatic carbocycles. The molecule has 0 bridgehead atoms. The van der Waals surface area contributed by atoms with Gasteiger partial charge < -0.3 is 4.74 Å². The molecule has 0 unspecified atom stereocenters. The highest BCUT2D eigenvalue weighted by Gasteiger charge is 2.10. The molecule has 1 aromatic heterocycles. The third kappa shape index (κ3) is 5.37. The van der Waals surface area contributed by atoms with Gasteiger partial charge in [0.15, 0.2) is 0 Å². The Bertz CT molecular complexity index is 839. The van der Waals surface area contributed by atoms with Crippen LogP contribution in [-0.2, 0) is 6.42 Å². The molecule has 0 aliphatic carbocycles. The van der Waals surface area contributed by atoms with E-state index < -0.39 is 0 Å². The molecule has 7 heteroatoms. The summed E-state index contributed by atoms with van der Waals surface area (Å²) in [4.78, 5) is 12.2. The van der Waals surface area contributed by atoms with Gasteiger partial charge in [0.25, 0.3) is 5.91 Å². The third-order valence-electron chi connectivity index (χ3n) is 3.32. The van der Waals surface area contributed by atoms with Gasteiger partial charge in [-0.15, -0.1) is 10.2 Å². The van der Waals surface area contributed by atoms with Crippen LogP contribution in [0, 0.1) is 0 Å². The van der Waals surface area contributed by atoms with Crippen LogP contribution in [0.3, 0.4) is 0 Å². The van der Waals surface area contributed by atoms with Crippen LogP contribution in [0.15, 0.2) is 59.1 Å². The molecular weight excluding hydrogens is 402 g/mol. The van der Waals surface area contributed by atoms with E-state index in [2.05, 4.69) is 31.4 Å². The summed E-state index contributed by atoms with van der Waals surface area (Å²) in [5, 5.41) is 12.3. The SMILES string of the molecule is O=C(Nc1nnc(CCCOc2ccccc2)s1)c1cccc(Br)c1. The number of hydrogen-bond donors (Lipinski definition) is 1. The first-order valence-electron chi connectivity index (χ1n) is 7.78. The molecule has 128 valence electrons. The number of rotatable bonds is 7. The number of aryl methyl sites for hydroxylation is 1. The molecule has 25 heavy (non-hydrogen) atoms. The Hall–Kier alpha value is -2.25. The molecule has 0 spiro atoms. The van der Waals surface area contributed by atoms with Crippen LogP contribution in [0.4, 0.5) is 5.13 Å². The van der Waals surface area contributed by atoms with Crippen LogP contribution in [0.2, 0.25) is 0 Å². The van der Waals surface area contributed by atoms with E-state index in [4.69, 9.17) is 4.74 Å². The maximum Gasteiger partial charge on any atom is 0.257 e. The minimum atomic E-state index is -0.198. The highest BCUT2D eigenvalue weighted by Crippen LogP contribution is 2.19. The third-order valence-corrected chi connectivity index (χ3v) is 4.71. The van der Waals surface area contributed by atoms with E-state index in [0.29, 0.717) is 17.3 Å². The van der Waals surface area contributed by atoms with Gasteiger partial charge in [-0.2, -0.15) is 0 Å². The summed E-state index contributed by atoms with van der Waals surface area (Å²) >= 11 is 4.74. The van der Waals surface area contributed by atoms with Crippen molar-refractivity contribution < 1.29 is 9.53 Å². The molecule has 0 saturated carbocycles. The van der Waals surface area contributed by atoms with Crippen molar-refractivity contribution in [3.05, 3.63) is 69.6 Å². The summed E-state index contributed by atoms with van der Waals surface area (Å²) in [7, 11) is 0. The molecule has 5 nitrogen and oxygen atoms in total. The second-order valence-electron chi connectivity index (χ2n) is 5.23. The van der Waals surface area contributed by atoms with E-state index >= 15 is 0 Å². The van der Waals surface area contributed by atoms with Crippen LogP contribution in [0.5, 0.6) is 5.75 Å². The first-order chi connectivity index (χ1) is 12.2. The van der Waals surface area contributed by atoms with Gasteiger partial charge in [0.1, 0.15) is 10.8 Å². The Morgan fingerprint density at radius 3 is 2.76 bits per heavy atom. The lowest BCUT2D eigenvalue weighted by atomic mass is 10.2. The average Bonchev–Trinajstić information content (AvgIpc) is 3.07. The predicted molar refractivity (Wildman–Crippen MR) is 102 cm³/mol. The zero-order valence-electron chi connectivity index (χ0n) is 13.3. The quantitative estimate of drug-likeness (QED) is 0.572. The number of halogens is 1. The Morgan fingerprint density at radius 1 is 1.12 bits per heavy atom. The van der Waals surface area contributed by atoms with Gasteiger partial charge in [0, 0.05) is 16.5 Å². The predicted octanol–water partition coefficient (Wildman–Crippen LogP) is 4.56. The molecule has 0 atom stereocenters. The molecule has 0 fully saturated rings. The van der Waals surface area contributed by atoms with E-state index in [-0.39, 0.29) is 5.91 Å². The first kappa shape index (κ1) is 17.6. The fourth-order valence-electron chi connectivity index (χ4n) is 2.13. The second-order valence-corrected chi connectivity index (χ2v) is 7.21. The monoisotopic (exact) mass is 417 g/mol. The van der Waals surface area contributed by atoms with Crippen molar-refractivity contribution in [1.82, 2.24) is 10.2 Å². The number of aromatic nitrogens is 2. The highest BCUT2D eigenvalue weighted by atomic mass is 79.9. The van der Waals surface area contributed by atoms with Gasteiger partial charge in [0.2, 0.25) is 5.13 Å². The minimum Gasteiger partial charge on any atom is -0.494 e. The normalized spacial score (nSPS) is 10.4. The van der Waals surface area contributed by atoms with Crippen molar-refractivity contribution in [3.8, 4) is 5.75 Å². The summed E-state index contributed by atoms with van der Waals surface area (Å²) in [5.74, 6) is 0.665. The molecular formula is C18H16BrN3O2S. The Kier molecular flexibility index (Phi) is 6.14. The lowest BCUT2D eigenvalue weighted by Gasteiger charge is -2.04. The maximum absolute atomic E-state index is 12.2. The van der Waals surface area contributed by atoms with Crippen molar-refractivity contribution in [3.63, 3.8) is 0 Å². The van der Waals surface area contributed by atoms with E-state index in [1.165, 1.54) is 11.3 Å². The van der Waals surface area contributed by atoms with E-state index in [1.807, 2.05) is 42.5 Å². The highest BCUT2D eigenvalue weighted by molar-refractivity contribution is 9.10. The molecule has 0 aliphatic heterocycles. The van der Waals surface area contributed by atoms with Crippen LogP contribution >= 0.6 is 27.3 Å². The number of ether oxygens (including phenoxy) is 1. The molecule has 3 aromatic rings. The second kappa shape index (κ2) is 8.73. The van der Waals surface area contributed by atoms with Crippen molar-refractivity contribution in [2.24, 2.45) is 0 Å². The summed E-state index contributed by atoms with van der Waals surface area (Å²) in [6.07, 6.45) is 1.60. The van der Waals surface area contributed by atoms with Gasteiger partial charge >= 0.3 is 0 Å². The van der Waals surface area contributed by atoms with Crippen LogP contribution in [0.25, 0.3) is 0 Å². The lowest BCUT2D eigenvalue weighted by molar-refractivity contribution is 0.102. The van der Waals surface area contributed by atoms with Gasteiger partial charge in [0.05, 0.1) is 6.61 Å². The average molecular weight is 418 g/mol. The van der Waals surface area contributed by atoms with E-state index in [1.54, 1.807) is 12.1 Å². The van der Waals surface area contributed by atoms with Crippen molar-refractivity contribution in [2.75, 3.05) is 11.9 Å². The number of benzene rings is 2. The largest absolute Gasteiger partial charge is 0.494 e. The number of para-hydroxylation sites is 1. The Morgan fingerprint density at radius 2 is 1.96 bits per heavy atom. The number of carbonyl (C=O) groups excluding carboxylic acids is 1. The summed E-state index contributed by atoms with van der Waals surface area (Å²) in [6.45, 7) is 0.614. The zero-order chi connectivity index (χ0) is 17.5. The number of nitrogens with zero attached hydrogens (tertiary/aromatic N) is 2. The maximum atomic E-state index is 12.2. The molecule has 3 rings (SSSR count). The van der Waals surface area contributed by atoms with Crippen molar-refractivity contribution in [2.45, 2.75) is 12.8 Å². The van der Waals surface area contributed by atoms with Crippen LogP contribution < -0.4 is 10.1 Å². The molecule has 1 heterocycles. The van der Waals surface area contributed by atoms with Gasteiger partial charge in [-0.1, -0.05) is 51.5 Å². The number of hydrogen-bond acceptors (Lipinski definition) is 5. The van der Waals surface area contributed by atoms with Crippen molar-refractivity contribution in [1.29, 1.82) is 0 Å². The van der Waals surface area contributed by atoms with Gasteiger partial charge in [-0.05, 0) is 36.8 Å². The topological polar surface area (TPSA) is 64.1 Å². The van der Waals surface area contributed by atoms with Crippen LogP contribution in [-0.4, -0.2) is 22.7 Å². The fraction of sp³-hybridized carbons (Fsp3) is 0.167. The first-order valence-corrected chi connectivity index (χ1v) is 9.39. The van der Waals surface area contributed by atoms with E-state index in [0.717, 1.165) is 28.1 Å². The molecule has 0 radical (unpaired) electrons. The van der Waals surface area contributed by atoms with E-state index in [9.17, 15) is 4.79 Å². The lowest BCUT2D eigenvalue weighted by Crippen LogP contribution is -2.11. The van der Waals surface area contributed by atoms with Gasteiger partial charge in [-0.3, -0.25) is 10.1 Å². The van der Waals surface area contributed by atoms with Crippen molar-refractivity contribution >= 4 is 38.3 Å². The Labute approximate surface area is 158 Å². The fourth-order valence-corrected chi connectivity index (χ4v) is 3.31. The molecule has 0 saturated heterocycles. The zero-order valence-corrected chi connectivity index (χ0v) is 15.7. The van der Waals surface area contributed by atoms with Crippen LogP contribution in [0.1, 0.15) is 21.8 Å². The summed E-state index contributed by atoms with van der Waals surface area (Å²) in [5.41, 5.74) is 0.572. The van der Waals surface area contributed by atoms with Gasteiger partial charge in [-0.25, -0.2) is 0 Å². The number of carbonyl (C=O) groups is 1. The molecule has 1 amide bonds. The Balaban J connectivity index is 1.46. The summed E-state index contributed by atoms with van der Waals surface area (Å²) in [6, 6.07) is 16.9. The standard InChI is InChI=1S/C18H16BrN3O2S/c19-14-7-4-6-13(12-14)17(23)20-18-22-21-16(25-18)10-5-11-24-15-8-2-1-3-9-15/h1-4,6-9,12H,5,10-11H2,(H,20,22,23). The number of nitrogens with one attached hydrogen (secondary N) is 1. The summed E-state index contributed by atoms with van der Waals surface area (Å²) < 4.78 is 6.51. The molecule has 1 N–H and O–H groups in total. The molecule has 0 aliphatic rings. The smallest absolute Gasteiger partial charge is 0.257 e. The number of anilines is 1. The number of amides is 1. The minimum absolute atomic E-state index is 0.198.